The number of nitrogens with zero attached hydrogens (tertiary/aromatic N) is 4. The summed E-state index contributed by atoms with van der Waals surface area (Å²) < 4.78 is 27.6. The molecule has 246 valence electrons. The van der Waals surface area contributed by atoms with Gasteiger partial charge in [0, 0.05) is 0 Å². The summed E-state index contributed by atoms with van der Waals surface area (Å²) in [4.78, 5) is 26.0. The molecule has 0 bridgehead atoms. The van der Waals surface area contributed by atoms with Crippen molar-refractivity contribution >= 4 is 23.1 Å². The fourth-order valence-corrected chi connectivity index (χ4v) is 6.63. The lowest BCUT2D eigenvalue weighted by Gasteiger charge is -2.36. The summed E-state index contributed by atoms with van der Waals surface area (Å²) in [7, 11) is 0. The highest BCUT2D eigenvalue weighted by Crippen LogP contribution is 2.46. The van der Waals surface area contributed by atoms with E-state index in [9.17, 15) is 4.79 Å². The van der Waals surface area contributed by atoms with Gasteiger partial charge in [0.25, 0.3) is 0 Å². The Morgan fingerprint density at radius 1 is 0.854 bits per heavy atom. The van der Waals surface area contributed by atoms with E-state index in [1.807, 2.05) is 73.0 Å². The summed E-state index contributed by atoms with van der Waals surface area (Å²) in [5.74, 6) is -0.561. The minimum absolute atomic E-state index is 0.261. The fraction of sp³-hybridized carbons (Fsp3) is 0.316. The Balaban J connectivity index is 1.27. The largest absolute Gasteiger partial charge is 0.444 e. The lowest BCUT2D eigenvalue weighted by molar-refractivity contribution is -0.148. The van der Waals surface area contributed by atoms with E-state index in [-0.39, 0.29) is 30.7 Å². The highest BCUT2D eigenvalue weighted by molar-refractivity contribution is 5.93. The molecule has 1 amide bonds. The Hall–Kier alpha value is -4.90. The molecule has 10 nitrogen and oxygen atoms in total. The van der Waals surface area contributed by atoms with Gasteiger partial charge in [0.05, 0.1) is 19.0 Å². The second kappa shape index (κ2) is 12.3. The van der Waals surface area contributed by atoms with Gasteiger partial charge in [-0.05, 0) is 56.9 Å². The lowest BCUT2D eigenvalue weighted by atomic mass is 9.80. The molecule has 3 heterocycles. The highest BCUT2D eigenvalue weighted by Gasteiger charge is 2.51. The third-order valence-corrected chi connectivity index (χ3v) is 8.51. The molecule has 7 rings (SSSR count). The standard InChI is InChI=1S/C38H39N5O5/c1-36(2,3)48-35(44)42-33-30-34(40-23-39-33)43(24-41-30)29-21-25(31-32(29)47-37(4,5)46-31)22-45-38(26-15-9-6-10-16-26,27-17-11-7-12-18-27)28-19-13-8-14-20-28/h6-21,23-24,29,31-32H,22H2,1-5H3,(H,39,40,42,44)/t29-,31-,32+/m1/s1. The number of aromatic nitrogens is 4. The summed E-state index contributed by atoms with van der Waals surface area (Å²) in [5.41, 5.74) is 3.41. The van der Waals surface area contributed by atoms with Crippen molar-refractivity contribution in [3.05, 3.63) is 132 Å². The minimum atomic E-state index is -0.898. The van der Waals surface area contributed by atoms with Gasteiger partial charge in [-0.3, -0.25) is 5.32 Å². The Labute approximate surface area is 279 Å². The SMILES string of the molecule is CC(C)(C)OC(=O)Nc1ncnc2c1ncn2[C@@H]1C=C(COC(c2ccccc2)(c2ccccc2)c2ccccc2)[C@H]2OC(C)(C)O[C@H]21. The van der Waals surface area contributed by atoms with Crippen LogP contribution >= 0.6 is 0 Å². The molecule has 1 aliphatic carbocycles. The quantitative estimate of drug-likeness (QED) is 0.140. The van der Waals surface area contributed by atoms with Crippen molar-refractivity contribution in [2.45, 2.75) is 69.9 Å². The first-order valence-electron chi connectivity index (χ1n) is 16.1. The van der Waals surface area contributed by atoms with Gasteiger partial charge >= 0.3 is 6.09 Å². The molecule has 0 spiro atoms. The first-order chi connectivity index (χ1) is 23.0. The van der Waals surface area contributed by atoms with Crippen LogP contribution in [0, 0.1) is 0 Å². The number of ether oxygens (including phenoxy) is 4. The van der Waals surface area contributed by atoms with Crippen LogP contribution in [0.4, 0.5) is 10.6 Å². The molecular formula is C38H39N5O5. The van der Waals surface area contributed by atoms with Gasteiger partial charge in [0.15, 0.2) is 22.8 Å². The summed E-state index contributed by atoms with van der Waals surface area (Å²) in [6.07, 6.45) is 3.86. The molecule has 1 fully saturated rings. The predicted molar refractivity (Wildman–Crippen MR) is 181 cm³/mol. The number of fused-ring (bicyclic) bond motifs is 2. The molecule has 2 aromatic heterocycles. The number of carbonyl (C=O) groups excluding carboxylic acids is 1. The van der Waals surface area contributed by atoms with Crippen molar-refractivity contribution in [3.63, 3.8) is 0 Å². The molecule has 0 unspecified atom stereocenters. The zero-order valence-electron chi connectivity index (χ0n) is 27.7. The van der Waals surface area contributed by atoms with Gasteiger partial charge in [-0.1, -0.05) is 97.1 Å². The number of amides is 1. The van der Waals surface area contributed by atoms with E-state index in [1.165, 1.54) is 6.33 Å². The Morgan fingerprint density at radius 2 is 1.44 bits per heavy atom. The van der Waals surface area contributed by atoms with Crippen LogP contribution in [0.25, 0.3) is 11.2 Å². The predicted octanol–water partition coefficient (Wildman–Crippen LogP) is 7.18. The smallest absolute Gasteiger partial charge is 0.413 e. The minimum Gasteiger partial charge on any atom is -0.444 e. The van der Waals surface area contributed by atoms with E-state index < -0.39 is 23.1 Å². The van der Waals surface area contributed by atoms with Crippen LogP contribution in [0.3, 0.4) is 0 Å². The van der Waals surface area contributed by atoms with Crippen molar-refractivity contribution in [1.29, 1.82) is 0 Å². The topological polar surface area (TPSA) is 110 Å². The third-order valence-electron chi connectivity index (χ3n) is 8.51. The summed E-state index contributed by atoms with van der Waals surface area (Å²) in [6, 6.07) is 30.6. The molecule has 0 saturated carbocycles. The first kappa shape index (κ1) is 31.7. The van der Waals surface area contributed by atoms with Crippen LogP contribution in [0.5, 0.6) is 0 Å². The molecule has 10 heteroatoms. The van der Waals surface area contributed by atoms with E-state index >= 15 is 0 Å². The number of benzene rings is 3. The van der Waals surface area contributed by atoms with Crippen LogP contribution in [-0.2, 0) is 24.5 Å². The number of rotatable bonds is 8. The molecule has 2 aliphatic rings. The van der Waals surface area contributed by atoms with Gasteiger partial charge in [0.2, 0.25) is 0 Å². The van der Waals surface area contributed by atoms with Gasteiger partial charge in [0.1, 0.15) is 29.7 Å². The number of carbonyl (C=O) groups is 1. The monoisotopic (exact) mass is 645 g/mol. The van der Waals surface area contributed by atoms with Crippen LogP contribution in [0.2, 0.25) is 0 Å². The van der Waals surface area contributed by atoms with Crippen molar-refractivity contribution < 1.29 is 23.7 Å². The zero-order chi connectivity index (χ0) is 33.5. The van der Waals surface area contributed by atoms with Crippen LogP contribution in [0.15, 0.2) is 115 Å². The number of anilines is 1. The molecule has 3 aromatic carbocycles. The maximum Gasteiger partial charge on any atom is 0.413 e. The zero-order valence-corrected chi connectivity index (χ0v) is 27.7. The molecule has 3 atom stereocenters. The Kier molecular flexibility index (Phi) is 8.11. The second-order valence-corrected chi connectivity index (χ2v) is 13.5. The van der Waals surface area contributed by atoms with Gasteiger partial charge < -0.3 is 23.5 Å². The summed E-state index contributed by atoms with van der Waals surface area (Å²) in [6.45, 7) is 9.50. The van der Waals surface area contributed by atoms with Gasteiger partial charge in [-0.15, -0.1) is 0 Å². The Bertz CT molecular complexity index is 1840. The van der Waals surface area contributed by atoms with E-state index in [0.29, 0.717) is 11.2 Å². The van der Waals surface area contributed by atoms with Crippen molar-refractivity contribution in [1.82, 2.24) is 19.5 Å². The molecular weight excluding hydrogens is 606 g/mol. The van der Waals surface area contributed by atoms with Crippen molar-refractivity contribution in [2.75, 3.05) is 11.9 Å². The maximum absolute atomic E-state index is 12.6. The number of imidazole rings is 1. The summed E-state index contributed by atoms with van der Waals surface area (Å²) in [5, 5.41) is 2.72. The van der Waals surface area contributed by atoms with E-state index in [1.54, 1.807) is 27.1 Å². The van der Waals surface area contributed by atoms with E-state index in [2.05, 4.69) is 62.7 Å². The molecule has 1 saturated heterocycles. The molecule has 5 aromatic rings. The molecule has 48 heavy (non-hydrogen) atoms. The number of hydrogen-bond donors (Lipinski definition) is 1. The van der Waals surface area contributed by atoms with Crippen LogP contribution < -0.4 is 5.32 Å². The van der Waals surface area contributed by atoms with Gasteiger partial charge in [-0.2, -0.15) is 0 Å². The van der Waals surface area contributed by atoms with Crippen LogP contribution in [0.1, 0.15) is 57.4 Å². The lowest BCUT2D eigenvalue weighted by Crippen LogP contribution is -2.35. The summed E-state index contributed by atoms with van der Waals surface area (Å²) >= 11 is 0. The van der Waals surface area contributed by atoms with Crippen molar-refractivity contribution in [2.24, 2.45) is 0 Å². The highest BCUT2D eigenvalue weighted by atomic mass is 16.8. The molecule has 1 aliphatic heterocycles. The maximum atomic E-state index is 12.6. The first-order valence-corrected chi connectivity index (χ1v) is 16.1. The van der Waals surface area contributed by atoms with E-state index in [4.69, 9.17) is 18.9 Å². The Morgan fingerprint density at radius 3 is 2.00 bits per heavy atom. The number of hydrogen-bond acceptors (Lipinski definition) is 8. The third kappa shape index (κ3) is 5.98. The average Bonchev–Trinajstić information content (AvgIpc) is 3.73. The fourth-order valence-electron chi connectivity index (χ4n) is 6.63. The molecule has 0 radical (unpaired) electrons. The van der Waals surface area contributed by atoms with Gasteiger partial charge in [-0.25, -0.2) is 19.7 Å². The average molecular weight is 646 g/mol. The van der Waals surface area contributed by atoms with Crippen LogP contribution in [-0.4, -0.2) is 55.8 Å². The second-order valence-electron chi connectivity index (χ2n) is 13.5. The molecule has 1 N–H and O–H groups in total. The van der Waals surface area contributed by atoms with Crippen molar-refractivity contribution in [3.8, 4) is 0 Å². The number of nitrogens with one attached hydrogen (secondary N) is 1. The van der Waals surface area contributed by atoms with E-state index in [0.717, 1.165) is 22.3 Å². The normalized spacial score (nSPS) is 20.4.